The van der Waals surface area contributed by atoms with E-state index < -0.39 is 21.9 Å². The van der Waals surface area contributed by atoms with Crippen molar-refractivity contribution in [1.82, 2.24) is 4.31 Å². The molecule has 1 fully saturated rings. The number of hydrogen-bond acceptors (Lipinski definition) is 4. The van der Waals surface area contributed by atoms with E-state index in [1.165, 1.54) is 4.31 Å². The van der Waals surface area contributed by atoms with Gasteiger partial charge in [-0.3, -0.25) is 4.79 Å². The topological polar surface area (TPSA) is 83.9 Å². The number of nitrogens with zero attached hydrogens (tertiary/aromatic N) is 1. The van der Waals surface area contributed by atoms with Gasteiger partial charge in [0.15, 0.2) is 0 Å². The summed E-state index contributed by atoms with van der Waals surface area (Å²) in [4.78, 5) is 11.2. The number of aliphatic carboxylic acids is 1. The number of carboxylic acids is 1. The summed E-state index contributed by atoms with van der Waals surface area (Å²) in [6, 6.07) is 4.92. The number of benzene rings is 1. The summed E-state index contributed by atoms with van der Waals surface area (Å²) in [7, 11) is -3.55. The van der Waals surface area contributed by atoms with Gasteiger partial charge in [-0.05, 0) is 36.6 Å². The van der Waals surface area contributed by atoms with Crippen LogP contribution >= 0.6 is 0 Å². The van der Waals surface area contributed by atoms with E-state index >= 15 is 0 Å². The second-order valence-electron chi connectivity index (χ2n) is 5.38. The molecule has 1 aromatic rings. The van der Waals surface area contributed by atoms with Crippen LogP contribution in [0.5, 0.6) is 5.75 Å². The number of rotatable bonds is 3. The van der Waals surface area contributed by atoms with E-state index in [1.807, 2.05) is 0 Å². The van der Waals surface area contributed by atoms with Crippen molar-refractivity contribution >= 4 is 16.0 Å². The van der Waals surface area contributed by atoms with Gasteiger partial charge in [0.2, 0.25) is 10.0 Å². The first-order chi connectivity index (χ1) is 9.98. The van der Waals surface area contributed by atoms with Crippen molar-refractivity contribution in [3.63, 3.8) is 0 Å². The Morgan fingerprint density at radius 2 is 2.00 bits per heavy atom. The number of carbonyl (C=O) groups is 1. The summed E-state index contributed by atoms with van der Waals surface area (Å²) in [5.41, 5.74) is 0.913. The van der Waals surface area contributed by atoms with Crippen molar-refractivity contribution in [1.29, 1.82) is 0 Å². The first-order valence-electron chi connectivity index (χ1n) is 6.97. The molecule has 3 rings (SSSR count). The van der Waals surface area contributed by atoms with Gasteiger partial charge >= 0.3 is 5.97 Å². The molecule has 0 aliphatic carbocycles. The lowest BCUT2D eigenvalue weighted by Crippen LogP contribution is -2.40. The summed E-state index contributed by atoms with van der Waals surface area (Å²) >= 11 is 0. The van der Waals surface area contributed by atoms with Crippen LogP contribution in [0.15, 0.2) is 23.1 Å². The Balaban J connectivity index is 1.80. The lowest BCUT2D eigenvalue weighted by Gasteiger charge is -2.29. The zero-order valence-electron chi connectivity index (χ0n) is 11.5. The Bertz CT molecular complexity index is 662. The molecule has 0 unspecified atom stereocenters. The SMILES string of the molecule is O=C(O)C1CCN(S(=O)(=O)c2ccc3c(c2)CCO3)CC1. The molecule has 0 spiro atoms. The minimum Gasteiger partial charge on any atom is -0.493 e. The third-order valence-corrected chi connectivity index (χ3v) is 6.00. The number of fused-ring (bicyclic) bond motifs is 1. The van der Waals surface area contributed by atoms with Crippen molar-refractivity contribution in [2.24, 2.45) is 5.92 Å². The Morgan fingerprint density at radius 3 is 2.67 bits per heavy atom. The fourth-order valence-electron chi connectivity index (χ4n) is 2.82. The summed E-state index contributed by atoms with van der Waals surface area (Å²) in [5, 5.41) is 8.97. The molecule has 2 aliphatic rings. The fraction of sp³-hybridized carbons (Fsp3) is 0.500. The highest BCUT2D eigenvalue weighted by Crippen LogP contribution is 2.30. The molecule has 2 heterocycles. The molecule has 1 aromatic carbocycles. The van der Waals surface area contributed by atoms with Gasteiger partial charge in [0, 0.05) is 19.5 Å². The molecule has 0 aromatic heterocycles. The second-order valence-corrected chi connectivity index (χ2v) is 7.32. The summed E-state index contributed by atoms with van der Waals surface area (Å²) < 4.78 is 32.0. The lowest BCUT2D eigenvalue weighted by atomic mass is 9.99. The lowest BCUT2D eigenvalue weighted by molar-refractivity contribution is -0.142. The number of piperidine rings is 1. The Morgan fingerprint density at radius 1 is 1.29 bits per heavy atom. The predicted molar refractivity (Wildman–Crippen MR) is 74.8 cm³/mol. The standard InChI is InChI=1S/C14H17NO5S/c16-14(17)10-3-6-15(7-4-10)21(18,19)12-1-2-13-11(9-12)5-8-20-13/h1-2,9-10H,3-8H2,(H,16,17). The second kappa shape index (κ2) is 5.31. The Kier molecular flexibility index (Phi) is 3.62. The van der Waals surface area contributed by atoms with E-state index in [0.29, 0.717) is 19.4 Å². The molecule has 1 N–H and O–H groups in total. The number of ether oxygens (including phenoxy) is 1. The minimum absolute atomic E-state index is 0.257. The van der Waals surface area contributed by atoms with Crippen LogP contribution in [0.25, 0.3) is 0 Å². The van der Waals surface area contributed by atoms with Crippen molar-refractivity contribution in [3.05, 3.63) is 23.8 Å². The largest absolute Gasteiger partial charge is 0.493 e. The van der Waals surface area contributed by atoms with Crippen molar-refractivity contribution in [3.8, 4) is 5.75 Å². The van der Waals surface area contributed by atoms with Crippen LogP contribution in [0, 0.1) is 5.92 Å². The first kappa shape index (κ1) is 14.3. The van der Waals surface area contributed by atoms with Crippen LogP contribution in [0.3, 0.4) is 0 Å². The zero-order valence-corrected chi connectivity index (χ0v) is 12.3. The molecule has 6 nitrogen and oxygen atoms in total. The molecule has 0 bridgehead atoms. The van der Waals surface area contributed by atoms with Gasteiger partial charge in [0.05, 0.1) is 17.4 Å². The summed E-state index contributed by atoms with van der Waals surface area (Å²) in [6.07, 6.45) is 1.45. The van der Waals surface area contributed by atoms with Crippen molar-refractivity contribution in [2.45, 2.75) is 24.2 Å². The zero-order chi connectivity index (χ0) is 15.0. The summed E-state index contributed by atoms with van der Waals surface area (Å²) in [6.45, 7) is 1.10. The molecular formula is C14H17NO5S. The van der Waals surface area contributed by atoms with Crippen molar-refractivity contribution in [2.75, 3.05) is 19.7 Å². The highest BCUT2D eigenvalue weighted by atomic mass is 32.2. The van der Waals surface area contributed by atoms with Crippen molar-refractivity contribution < 1.29 is 23.1 Å². The highest BCUT2D eigenvalue weighted by Gasteiger charge is 2.32. The summed E-state index contributed by atoms with van der Waals surface area (Å²) in [5.74, 6) is -0.537. The van der Waals surface area contributed by atoms with E-state index in [0.717, 1.165) is 17.7 Å². The van der Waals surface area contributed by atoms with Gasteiger partial charge < -0.3 is 9.84 Å². The Labute approximate surface area is 123 Å². The van der Waals surface area contributed by atoms with Gasteiger partial charge in [-0.1, -0.05) is 0 Å². The van der Waals surface area contributed by atoms with E-state index in [4.69, 9.17) is 9.84 Å². The van der Waals surface area contributed by atoms with Crippen LogP contribution in [-0.2, 0) is 21.2 Å². The molecule has 7 heteroatoms. The number of sulfonamides is 1. The Hall–Kier alpha value is -1.60. The van der Waals surface area contributed by atoms with Crippen LogP contribution in [0.2, 0.25) is 0 Å². The molecule has 114 valence electrons. The quantitative estimate of drug-likeness (QED) is 0.904. The molecule has 0 radical (unpaired) electrons. The third kappa shape index (κ3) is 2.63. The molecule has 0 saturated carbocycles. The predicted octanol–water partition coefficient (Wildman–Crippen LogP) is 1.11. The highest BCUT2D eigenvalue weighted by molar-refractivity contribution is 7.89. The van der Waals surface area contributed by atoms with Crippen LogP contribution < -0.4 is 4.74 Å². The average Bonchev–Trinajstić information content (AvgIpc) is 2.94. The molecule has 0 atom stereocenters. The normalized spacial score (nSPS) is 20.0. The van der Waals surface area contributed by atoms with E-state index in [1.54, 1.807) is 18.2 Å². The third-order valence-electron chi connectivity index (χ3n) is 4.10. The van der Waals surface area contributed by atoms with E-state index in [2.05, 4.69) is 0 Å². The first-order valence-corrected chi connectivity index (χ1v) is 8.41. The van der Waals surface area contributed by atoms with Gasteiger partial charge in [-0.15, -0.1) is 0 Å². The minimum atomic E-state index is -3.55. The van der Waals surface area contributed by atoms with Crippen LogP contribution in [0.4, 0.5) is 0 Å². The monoisotopic (exact) mass is 311 g/mol. The smallest absolute Gasteiger partial charge is 0.306 e. The molecule has 1 saturated heterocycles. The molecule has 2 aliphatic heterocycles. The van der Waals surface area contributed by atoms with Gasteiger partial charge in [-0.2, -0.15) is 4.31 Å². The van der Waals surface area contributed by atoms with Crippen LogP contribution in [0.1, 0.15) is 18.4 Å². The van der Waals surface area contributed by atoms with Gasteiger partial charge in [0.25, 0.3) is 0 Å². The molecule has 0 amide bonds. The fourth-order valence-corrected chi connectivity index (χ4v) is 4.34. The average molecular weight is 311 g/mol. The maximum atomic E-state index is 12.6. The van der Waals surface area contributed by atoms with E-state index in [-0.39, 0.29) is 18.0 Å². The van der Waals surface area contributed by atoms with E-state index in [9.17, 15) is 13.2 Å². The van der Waals surface area contributed by atoms with Gasteiger partial charge in [-0.25, -0.2) is 8.42 Å². The van der Waals surface area contributed by atoms with Gasteiger partial charge in [0.1, 0.15) is 5.75 Å². The maximum absolute atomic E-state index is 12.6. The molecule has 21 heavy (non-hydrogen) atoms. The number of hydrogen-bond donors (Lipinski definition) is 1. The molecular weight excluding hydrogens is 294 g/mol. The van der Waals surface area contributed by atoms with Crippen LogP contribution in [-0.4, -0.2) is 43.5 Å². The maximum Gasteiger partial charge on any atom is 0.306 e. The number of carboxylic acid groups (broad SMARTS) is 1.